The van der Waals surface area contributed by atoms with Crippen molar-refractivity contribution >= 4 is 22.9 Å². The Kier molecular flexibility index (Phi) is 6.27. The van der Waals surface area contributed by atoms with Crippen LogP contribution in [0.4, 0.5) is 0 Å². The van der Waals surface area contributed by atoms with Crippen molar-refractivity contribution < 1.29 is 14.3 Å². The van der Waals surface area contributed by atoms with Gasteiger partial charge < -0.3 is 9.47 Å². The van der Waals surface area contributed by atoms with Crippen molar-refractivity contribution in [2.75, 3.05) is 13.7 Å². The lowest BCUT2D eigenvalue weighted by Gasteiger charge is -2.09. The quantitative estimate of drug-likeness (QED) is 0.482. The lowest BCUT2D eigenvalue weighted by molar-refractivity contribution is 0.0955. The number of ether oxygens (including phenoxy) is 2. The van der Waals surface area contributed by atoms with Crippen LogP contribution in [0.25, 0.3) is 10.8 Å². The predicted octanol–water partition coefficient (Wildman–Crippen LogP) is 4.65. The fraction of sp³-hybridized carbons (Fsp3) is 0.217. The second kappa shape index (κ2) is 9.04. The van der Waals surface area contributed by atoms with Gasteiger partial charge in [0, 0.05) is 11.1 Å². The van der Waals surface area contributed by atoms with E-state index in [9.17, 15) is 4.79 Å². The number of carbonyl (C=O) groups is 1. The fourth-order valence-electron chi connectivity index (χ4n) is 2.77. The van der Waals surface area contributed by atoms with E-state index < -0.39 is 0 Å². The summed E-state index contributed by atoms with van der Waals surface area (Å²) in [5.74, 6) is 1.60. The lowest BCUT2D eigenvalue weighted by atomic mass is 10.0. The van der Waals surface area contributed by atoms with Crippen LogP contribution in [0.2, 0.25) is 0 Å². The van der Waals surface area contributed by atoms with E-state index in [4.69, 9.17) is 9.47 Å². The van der Waals surface area contributed by atoms with Crippen molar-refractivity contribution in [3.05, 3.63) is 71.8 Å². The van der Waals surface area contributed by atoms with Crippen molar-refractivity contribution in [2.24, 2.45) is 11.0 Å². The summed E-state index contributed by atoms with van der Waals surface area (Å²) < 4.78 is 11.1. The third-order valence-electron chi connectivity index (χ3n) is 4.21. The monoisotopic (exact) mass is 376 g/mol. The molecule has 0 bridgehead atoms. The van der Waals surface area contributed by atoms with Gasteiger partial charge in [0.05, 0.1) is 19.9 Å². The summed E-state index contributed by atoms with van der Waals surface area (Å²) in [7, 11) is 1.61. The SMILES string of the molecule is COc1ccc2ccccc2c1C=NNC(=O)c1ccc(OCC(C)C)cc1. The molecule has 0 saturated carbocycles. The Hall–Kier alpha value is -3.34. The minimum Gasteiger partial charge on any atom is -0.496 e. The fourth-order valence-corrected chi connectivity index (χ4v) is 2.77. The van der Waals surface area contributed by atoms with Gasteiger partial charge in [-0.25, -0.2) is 5.43 Å². The van der Waals surface area contributed by atoms with Gasteiger partial charge in [0.1, 0.15) is 11.5 Å². The number of hydrogen-bond donors (Lipinski definition) is 1. The number of fused-ring (bicyclic) bond motifs is 1. The molecule has 0 spiro atoms. The highest BCUT2D eigenvalue weighted by molar-refractivity contribution is 6.03. The van der Waals surface area contributed by atoms with Gasteiger partial charge in [0.25, 0.3) is 5.91 Å². The zero-order chi connectivity index (χ0) is 19.9. The van der Waals surface area contributed by atoms with Crippen LogP contribution in [0.5, 0.6) is 11.5 Å². The molecule has 0 aliphatic heterocycles. The van der Waals surface area contributed by atoms with E-state index in [1.54, 1.807) is 37.6 Å². The van der Waals surface area contributed by atoms with Crippen LogP contribution in [-0.4, -0.2) is 25.8 Å². The molecule has 0 saturated heterocycles. The first-order valence-corrected chi connectivity index (χ1v) is 9.20. The highest BCUT2D eigenvalue weighted by atomic mass is 16.5. The first-order chi connectivity index (χ1) is 13.6. The van der Waals surface area contributed by atoms with Gasteiger partial charge >= 0.3 is 0 Å². The standard InChI is InChI=1S/C23H24N2O3/c1-16(2)15-28-19-11-8-18(9-12-19)23(26)25-24-14-21-20-7-5-4-6-17(20)10-13-22(21)27-3/h4-14,16H,15H2,1-3H3,(H,25,26). The number of nitrogens with zero attached hydrogens (tertiary/aromatic N) is 1. The largest absolute Gasteiger partial charge is 0.496 e. The molecular weight excluding hydrogens is 352 g/mol. The van der Waals surface area contributed by atoms with Gasteiger partial charge in [0.2, 0.25) is 0 Å². The molecular formula is C23H24N2O3. The van der Waals surface area contributed by atoms with Gasteiger partial charge in [-0.1, -0.05) is 44.2 Å². The molecule has 28 heavy (non-hydrogen) atoms. The molecule has 5 heteroatoms. The highest BCUT2D eigenvalue weighted by Crippen LogP contribution is 2.26. The number of benzene rings is 3. The van der Waals surface area contributed by atoms with Crippen molar-refractivity contribution in [3.8, 4) is 11.5 Å². The van der Waals surface area contributed by atoms with E-state index >= 15 is 0 Å². The Morgan fingerprint density at radius 1 is 1.07 bits per heavy atom. The molecule has 1 N–H and O–H groups in total. The predicted molar refractivity (Wildman–Crippen MR) is 112 cm³/mol. The number of amides is 1. The molecule has 144 valence electrons. The van der Waals surface area contributed by atoms with E-state index in [1.165, 1.54) is 0 Å². The summed E-state index contributed by atoms with van der Waals surface area (Å²) in [4.78, 5) is 12.3. The maximum Gasteiger partial charge on any atom is 0.271 e. The van der Waals surface area contributed by atoms with Crippen LogP contribution in [0.15, 0.2) is 65.8 Å². The van der Waals surface area contributed by atoms with E-state index in [-0.39, 0.29) is 5.91 Å². The van der Waals surface area contributed by atoms with Crippen molar-refractivity contribution in [3.63, 3.8) is 0 Å². The summed E-state index contributed by atoms with van der Waals surface area (Å²) >= 11 is 0. The first-order valence-electron chi connectivity index (χ1n) is 9.20. The van der Waals surface area contributed by atoms with Gasteiger partial charge in [-0.2, -0.15) is 5.10 Å². The number of rotatable bonds is 7. The average Bonchev–Trinajstić information content (AvgIpc) is 2.72. The summed E-state index contributed by atoms with van der Waals surface area (Å²) in [5.41, 5.74) is 3.90. The Morgan fingerprint density at radius 3 is 2.54 bits per heavy atom. The van der Waals surface area contributed by atoms with Crippen LogP contribution >= 0.6 is 0 Å². The molecule has 0 unspecified atom stereocenters. The topological polar surface area (TPSA) is 59.9 Å². The molecule has 5 nitrogen and oxygen atoms in total. The summed E-state index contributed by atoms with van der Waals surface area (Å²) in [6.45, 7) is 4.82. The molecule has 3 rings (SSSR count). The molecule has 0 aliphatic rings. The molecule has 3 aromatic carbocycles. The molecule has 0 fully saturated rings. The highest BCUT2D eigenvalue weighted by Gasteiger charge is 2.08. The van der Waals surface area contributed by atoms with E-state index in [0.717, 1.165) is 22.1 Å². The van der Waals surface area contributed by atoms with E-state index in [0.29, 0.717) is 23.8 Å². The van der Waals surface area contributed by atoms with Crippen LogP contribution in [0, 0.1) is 5.92 Å². The molecule has 0 radical (unpaired) electrons. The van der Waals surface area contributed by atoms with Gasteiger partial charge in [-0.05, 0) is 47.0 Å². The maximum atomic E-state index is 12.3. The van der Waals surface area contributed by atoms with Gasteiger partial charge in [0.15, 0.2) is 0 Å². The van der Waals surface area contributed by atoms with Crippen molar-refractivity contribution in [2.45, 2.75) is 13.8 Å². The zero-order valence-electron chi connectivity index (χ0n) is 16.3. The number of hydrogen-bond acceptors (Lipinski definition) is 4. The number of carbonyl (C=O) groups excluding carboxylic acids is 1. The molecule has 1 amide bonds. The Labute approximate surface area is 165 Å². The second-order valence-electron chi connectivity index (χ2n) is 6.83. The number of hydrazone groups is 1. The van der Waals surface area contributed by atoms with Crippen LogP contribution < -0.4 is 14.9 Å². The number of methoxy groups -OCH3 is 1. The minimum atomic E-state index is -0.286. The maximum absolute atomic E-state index is 12.3. The van der Waals surface area contributed by atoms with E-state index in [2.05, 4.69) is 24.4 Å². The normalized spacial score (nSPS) is 11.1. The van der Waals surface area contributed by atoms with Crippen LogP contribution in [0.1, 0.15) is 29.8 Å². The minimum absolute atomic E-state index is 0.286. The van der Waals surface area contributed by atoms with Crippen LogP contribution in [0.3, 0.4) is 0 Å². The molecule has 0 aliphatic carbocycles. The Bertz CT molecular complexity index is 979. The molecule has 0 heterocycles. The summed E-state index contributed by atoms with van der Waals surface area (Å²) in [6.07, 6.45) is 1.61. The average molecular weight is 376 g/mol. The second-order valence-corrected chi connectivity index (χ2v) is 6.83. The lowest BCUT2D eigenvalue weighted by Crippen LogP contribution is -2.17. The van der Waals surface area contributed by atoms with Crippen molar-refractivity contribution in [1.82, 2.24) is 5.43 Å². The van der Waals surface area contributed by atoms with Gasteiger partial charge in [-0.15, -0.1) is 0 Å². The van der Waals surface area contributed by atoms with Crippen LogP contribution in [-0.2, 0) is 0 Å². The Balaban J connectivity index is 1.71. The Morgan fingerprint density at radius 2 is 1.82 bits per heavy atom. The molecule has 0 atom stereocenters. The number of nitrogens with one attached hydrogen (secondary N) is 1. The van der Waals surface area contributed by atoms with Gasteiger partial charge in [-0.3, -0.25) is 4.79 Å². The van der Waals surface area contributed by atoms with Crippen molar-refractivity contribution in [1.29, 1.82) is 0 Å². The van der Waals surface area contributed by atoms with E-state index in [1.807, 2.05) is 36.4 Å². The molecule has 3 aromatic rings. The third-order valence-corrected chi connectivity index (χ3v) is 4.21. The first kappa shape index (κ1) is 19.4. The molecule has 0 aromatic heterocycles. The summed E-state index contributed by atoms with van der Waals surface area (Å²) in [5, 5.41) is 6.21. The zero-order valence-corrected chi connectivity index (χ0v) is 16.3. The smallest absolute Gasteiger partial charge is 0.271 e. The summed E-state index contributed by atoms with van der Waals surface area (Å²) in [6, 6.07) is 18.9. The third kappa shape index (κ3) is 4.68.